The first kappa shape index (κ1) is 20.2. The van der Waals surface area contributed by atoms with Crippen molar-refractivity contribution in [1.29, 1.82) is 0 Å². The van der Waals surface area contributed by atoms with E-state index in [9.17, 15) is 4.79 Å². The number of halogens is 2. The molecule has 31 heavy (non-hydrogen) atoms. The number of carbonyl (C=O) groups excluding carboxylic acids is 1. The Kier molecular flexibility index (Phi) is 4.65. The third kappa shape index (κ3) is 3.33. The molecule has 1 aliphatic heterocycles. The molecule has 5 rings (SSSR count). The first-order valence-corrected chi connectivity index (χ1v) is 10.8. The summed E-state index contributed by atoms with van der Waals surface area (Å²) in [5.74, 6) is 0.489. The predicted octanol–water partition coefficient (Wildman–Crippen LogP) is 5.89. The molecule has 2 aromatic carbocycles. The van der Waals surface area contributed by atoms with E-state index in [4.69, 9.17) is 33.7 Å². The molecule has 1 atom stereocenters. The first-order valence-electron chi connectivity index (χ1n) is 10.1. The molecule has 0 spiro atoms. The van der Waals surface area contributed by atoms with Gasteiger partial charge in [0.15, 0.2) is 5.78 Å². The number of fused-ring (bicyclic) bond motifs is 1. The SMILES string of the molecule is CC1(C)CC(=O)C2=C(C1)OC(N)=C(n1cnc3ccccc31)C2c1ccc(Cl)c(Cl)c1. The highest BCUT2D eigenvalue weighted by atomic mass is 35.5. The monoisotopic (exact) mass is 453 g/mol. The fourth-order valence-corrected chi connectivity index (χ4v) is 4.89. The van der Waals surface area contributed by atoms with E-state index >= 15 is 0 Å². The lowest BCUT2D eigenvalue weighted by atomic mass is 9.71. The molecule has 0 bridgehead atoms. The highest BCUT2D eigenvalue weighted by molar-refractivity contribution is 6.42. The van der Waals surface area contributed by atoms with Gasteiger partial charge in [0.05, 0.1) is 32.7 Å². The quantitative estimate of drug-likeness (QED) is 0.525. The topological polar surface area (TPSA) is 70.1 Å². The van der Waals surface area contributed by atoms with Crippen molar-refractivity contribution in [1.82, 2.24) is 9.55 Å². The Hall–Kier alpha value is -2.76. The Balaban J connectivity index is 1.77. The number of imidazole rings is 1. The number of hydrogen-bond acceptors (Lipinski definition) is 4. The average molecular weight is 454 g/mol. The van der Waals surface area contributed by atoms with Gasteiger partial charge in [-0.3, -0.25) is 9.36 Å². The molecular weight excluding hydrogens is 433 g/mol. The molecule has 7 heteroatoms. The molecule has 0 fully saturated rings. The maximum atomic E-state index is 13.4. The van der Waals surface area contributed by atoms with Crippen LogP contribution in [0, 0.1) is 5.41 Å². The summed E-state index contributed by atoms with van der Waals surface area (Å²) < 4.78 is 7.99. The van der Waals surface area contributed by atoms with Gasteiger partial charge in [-0.05, 0) is 35.2 Å². The van der Waals surface area contributed by atoms with Crippen LogP contribution in [0.2, 0.25) is 10.0 Å². The van der Waals surface area contributed by atoms with Crippen molar-refractivity contribution in [2.75, 3.05) is 0 Å². The minimum atomic E-state index is -0.445. The lowest BCUT2D eigenvalue weighted by Crippen LogP contribution is -2.34. The van der Waals surface area contributed by atoms with Gasteiger partial charge >= 0.3 is 0 Å². The van der Waals surface area contributed by atoms with Crippen LogP contribution >= 0.6 is 23.2 Å². The zero-order valence-electron chi connectivity index (χ0n) is 17.2. The third-order valence-electron chi connectivity index (χ3n) is 5.92. The van der Waals surface area contributed by atoms with Gasteiger partial charge in [0.1, 0.15) is 12.1 Å². The summed E-state index contributed by atoms with van der Waals surface area (Å²) in [6.45, 7) is 4.12. The molecule has 1 aliphatic carbocycles. The number of para-hydroxylation sites is 2. The number of benzene rings is 2. The summed E-state index contributed by atoms with van der Waals surface area (Å²) in [5.41, 5.74) is 10.1. The van der Waals surface area contributed by atoms with E-state index in [1.54, 1.807) is 18.5 Å². The molecule has 0 saturated heterocycles. The van der Waals surface area contributed by atoms with Crippen molar-refractivity contribution < 1.29 is 9.53 Å². The van der Waals surface area contributed by atoms with Crippen molar-refractivity contribution in [2.24, 2.45) is 11.1 Å². The third-order valence-corrected chi connectivity index (χ3v) is 6.66. The van der Waals surface area contributed by atoms with Gasteiger partial charge < -0.3 is 10.5 Å². The van der Waals surface area contributed by atoms with Crippen LogP contribution < -0.4 is 5.73 Å². The van der Waals surface area contributed by atoms with Gasteiger partial charge in [-0.2, -0.15) is 0 Å². The van der Waals surface area contributed by atoms with Crippen LogP contribution in [0.25, 0.3) is 16.7 Å². The van der Waals surface area contributed by atoms with E-state index in [0.717, 1.165) is 16.6 Å². The van der Waals surface area contributed by atoms with E-state index in [1.807, 2.05) is 34.9 Å². The summed E-state index contributed by atoms with van der Waals surface area (Å²) >= 11 is 12.5. The van der Waals surface area contributed by atoms with E-state index in [1.165, 1.54) is 0 Å². The Bertz CT molecular complexity index is 1300. The summed E-state index contributed by atoms with van der Waals surface area (Å²) in [5, 5.41) is 0.874. The highest BCUT2D eigenvalue weighted by Gasteiger charge is 2.43. The van der Waals surface area contributed by atoms with Crippen LogP contribution in [-0.4, -0.2) is 15.3 Å². The van der Waals surface area contributed by atoms with Gasteiger partial charge in [0, 0.05) is 18.4 Å². The predicted molar refractivity (Wildman–Crippen MR) is 122 cm³/mol. The molecule has 1 unspecified atom stereocenters. The lowest BCUT2D eigenvalue weighted by molar-refractivity contribution is -0.118. The summed E-state index contributed by atoms with van der Waals surface area (Å²) in [4.78, 5) is 17.9. The zero-order chi connectivity index (χ0) is 21.9. The number of rotatable bonds is 2. The van der Waals surface area contributed by atoms with Crippen molar-refractivity contribution in [3.63, 3.8) is 0 Å². The molecule has 5 nitrogen and oxygen atoms in total. The standard InChI is InChI=1S/C24H21Cl2N3O2/c1-24(2)10-18(30)21-19(11-24)31-23(27)22(20(21)13-7-8-14(25)15(26)9-13)29-12-28-16-5-3-4-6-17(16)29/h3-9,12,20H,10-11,27H2,1-2H3. The van der Waals surface area contributed by atoms with Crippen molar-refractivity contribution >= 4 is 45.7 Å². The maximum absolute atomic E-state index is 13.4. The van der Waals surface area contributed by atoms with Crippen molar-refractivity contribution in [2.45, 2.75) is 32.6 Å². The van der Waals surface area contributed by atoms with Gasteiger partial charge in [-0.1, -0.05) is 55.2 Å². The van der Waals surface area contributed by atoms with E-state index < -0.39 is 5.92 Å². The van der Waals surface area contributed by atoms with Gasteiger partial charge in [0.25, 0.3) is 0 Å². The molecule has 1 aromatic heterocycles. The van der Waals surface area contributed by atoms with E-state index in [-0.39, 0.29) is 17.1 Å². The molecule has 0 amide bonds. The number of aromatic nitrogens is 2. The molecule has 3 aromatic rings. The minimum Gasteiger partial charge on any atom is -0.444 e. The van der Waals surface area contributed by atoms with Gasteiger partial charge in [0.2, 0.25) is 5.88 Å². The van der Waals surface area contributed by atoms with Crippen LogP contribution in [0.15, 0.2) is 66.0 Å². The molecule has 2 N–H and O–H groups in total. The van der Waals surface area contributed by atoms with Crippen LogP contribution in [0.1, 0.15) is 38.2 Å². The van der Waals surface area contributed by atoms with E-state index in [2.05, 4.69) is 18.8 Å². The second-order valence-electron chi connectivity index (χ2n) is 8.84. The first-order chi connectivity index (χ1) is 14.7. The van der Waals surface area contributed by atoms with Gasteiger partial charge in [-0.15, -0.1) is 0 Å². The van der Waals surface area contributed by atoms with Crippen molar-refractivity contribution in [3.8, 4) is 0 Å². The largest absolute Gasteiger partial charge is 0.444 e. The van der Waals surface area contributed by atoms with Crippen LogP contribution in [0.5, 0.6) is 0 Å². The normalized spacial score (nSPS) is 20.8. The Labute approximate surface area is 190 Å². The number of ether oxygens (including phenoxy) is 1. The number of nitrogens with two attached hydrogens (primary N) is 1. The second kappa shape index (κ2) is 7.14. The fraction of sp³-hybridized carbons (Fsp3) is 0.250. The number of ketones is 1. The van der Waals surface area contributed by atoms with Crippen LogP contribution in [0.3, 0.4) is 0 Å². The second-order valence-corrected chi connectivity index (χ2v) is 9.65. The highest BCUT2D eigenvalue weighted by Crippen LogP contribution is 2.50. The van der Waals surface area contributed by atoms with Crippen molar-refractivity contribution in [3.05, 3.63) is 81.6 Å². The summed E-state index contributed by atoms with van der Waals surface area (Å²) in [6.07, 6.45) is 2.78. The average Bonchev–Trinajstić information content (AvgIpc) is 3.12. The number of allylic oxidation sites excluding steroid dienone is 3. The molecule has 158 valence electrons. The van der Waals surface area contributed by atoms with Gasteiger partial charge in [-0.25, -0.2) is 4.98 Å². The summed E-state index contributed by atoms with van der Waals surface area (Å²) in [6, 6.07) is 13.2. The number of nitrogens with zero attached hydrogens (tertiary/aromatic N) is 2. The smallest absolute Gasteiger partial charge is 0.211 e. The Morgan fingerprint density at radius 1 is 1.13 bits per heavy atom. The molecule has 2 aliphatic rings. The van der Waals surface area contributed by atoms with Crippen LogP contribution in [0.4, 0.5) is 0 Å². The number of Topliss-reactive ketones (excluding diaryl/α,β-unsaturated/α-hetero) is 1. The Morgan fingerprint density at radius 2 is 1.90 bits per heavy atom. The van der Waals surface area contributed by atoms with Crippen LogP contribution in [-0.2, 0) is 9.53 Å². The lowest BCUT2D eigenvalue weighted by Gasteiger charge is -2.38. The molecule has 0 radical (unpaired) electrons. The summed E-state index contributed by atoms with van der Waals surface area (Å²) in [7, 11) is 0. The molecule has 0 saturated carbocycles. The number of carbonyl (C=O) groups is 1. The Morgan fingerprint density at radius 3 is 2.68 bits per heavy atom. The zero-order valence-corrected chi connectivity index (χ0v) is 18.7. The molecule has 2 heterocycles. The fourth-order valence-electron chi connectivity index (χ4n) is 4.58. The minimum absolute atomic E-state index is 0.0525. The van der Waals surface area contributed by atoms with E-state index in [0.29, 0.717) is 39.9 Å². The molecular formula is C24H21Cl2N3O2. The number of hydrogen-bond donors (Lipinski definition) is 1. The maximum Gasteiger partial charge on any atom is 0.211 e.